The fraction of sp³-hybridized carbons (Fsp3) is 0.182. The highest BCUT2D eigenvalue weighted by Crippen LogP contribution is 2.56. The van der Waals surface area contributed by atoms with Gasteiger partial charge >= 0.3 is 6.85 Å². The molecule has 1 nitrogen and oxygen atoms in total. The second-order valence-corrected chi connectivity index (χ2v) is 14.6. The molecule has 3 aliphatic rings. The second-order valence-electron chi connectivity index (χ2n) is 14.6. The highest BCUT2D eigenvalue weighted by atomic mass is 15.1. The van der Waals surface area contributed by atoms with Crippen molar-refractivity contribution >= 4 is 29.1 Å². The molecule has 2 aliphatic heterocycles. The molecule has 46 heavy (non-hydrogen) atoms. The topological polar surface area (TPSA) is 3.24 Å². The molecule has 0 amide bonds. The number of rotatable bonds is 2. The van der Waals surface area contributed by atoms with E-state index >= 15 is 0 Å². The first-order chi connectivity index (χ1) is 22.3. The number of hydrogen-bond donors (Lipinski definition) is 0. The van der Waals surface area contributed by atoms with Crippen LogP contribution in [-0.2, 0) is 16.2 Å². The SMILES string of the molecule is CC1(C)c2ccccc2N(B2c3ccccc3C3(C)c4ccccc4C(C)(C)c4cccc2c43)c2c(-c3ccccc3)cccc21. The average Bonchev–Trinajstić information content (AvgIpc) is 3.09. The third-order valence-electron chi connectivity index (χ3n) is 11.6. The van der Waals surface area contributed by atoms with Gasteiger partial charge in [0.1, 0.15) is 0 Å². The summed E-state index contributed by atoms with van der Waals surface area (Å²) in [5, 5.41) is 0. The van der Waals surface area contributed by atoms with Crippen LogP contribution in [0.1, 0.15) is 73.6 Å². The van der Waals surface area contributed by atoms with E-state index in [9.17, 15) is 0 Å². The molecule has 9 rings (SSSR count). The van der Waals surface area contributed by atoms with Gasteiger partial charge in [0.05, 0.1) is 0 Å². The fourth-order valence-electron chi connectivity index (χ4n) is 9.44. The van der Waals surface area contributed by atoms with Gasteiger partial charge in [0.2, 0.25) is 0 Å². The highest BCUT2D eigenvalue weighted by Gasteiger charge is 2.54. The van der Waals surface area contributed by atoms with E-state index < -0.39 is 0 Å². The van der Waals surface area contributed by atoms with Crippen molar-refractivity contribution in [2.75, 3.05) is 4.81 Å². The molecule has 6 aromatic rings. The van der Waals surface area contributed by atoms with Crippen molar-refractivity contribution in [1.29, 1.82) is 0 Å². The summed E-state index contributed by atoms with van der Waals surface area (Å²) in [4.78, 5) is 2.71. The maximum atomic E-state index is 2.71. The van der Waals surface area contributed by atoms with Gasteiger partial charge in [0.25, 0.3) is 0 Å². The van der Waals surface area contributed by atoms with E-state index in [1.54, 1.807) is 0 Å². The van der Waals surface area contributed by atoms with Crippen LogP contribution in [0.5, 0.6) is 0 Å². The van der Waals surface area contributed by atoms with Gasteiger partial charge in [-0.3, -0.25) is 0 Å². The zero-order chi connectivity index (χ0) is 31.4. The third-order valence-corrected chi connectivity index (χ3v) is 11.6. The van der Waals surface area contributed by atoms with Crippen LogP contribution in [0, 0.1) is 0 Å². The van der Waals surface area contributed by atoms with Crippen LogP contribution in [0.3, 0.4) is 0 Å². The van der Waals surface area contributed by atoms with Crippen molar-refractivity contribution in [3.63, 3.8) is 0 Å². The monoisotopic (exact) mass is 591 g/mol. The number of anilines is 2. The molecule has 2 heteroatoms. The van der Waals surface area contributed by atoms with Gasteiger partial charge in [-0.2, -0.15) is 0 Å². The minimum atomic E-state index is -0.262. The Labute approximate surface area is 273 Å². The van der Waals surface area contributed by atoms with E-state index in [4.69, 9.17) is 0 Å². The Hall–Kier alpha value is -4.82. The van der Waals surface area contributed by atoms with Gasteiger partial charge < -0.3 is 4.81 Å². The maximum absolute atomic E-state index is 2.71. The maximum Gasteiger partial charge on any atom is 0.328 e. The Bertz CT molecular complexity index is 2190. The van der Waals surface area contributed by atoms with Gasteiger partial charge in [0.15, 0.2) is 0 Å². The summed E-state index contributed by atoms with van der Waals surface area (Å²) in [6.45, 7) is 12.1. The molecule has 0 N–H and O–H groups in total. The molecule has 1 atom stereocenters. The highest BCUT2D eigenvalue weighted by molar-refractivity contribution is 6.90. The summed E-state index contributed by atoms with van der Waals surface area (Å²) in [5.41, 5.74) is 17.3. The summed E-state index contributed by atoms with van der Waals surface area (Å²) >= 11 is 0. The Morgan fingerprint density at radius 2 is 0.978 bits per heavy atom. The molecule has 0 spiro atoms. The minimum Gasteiger partial charge on any atom is -0.376 e. The molecule has 6 aromatic carbocycles. The van der Waals surface area contributed by atoms with Crippen molar-refractivity contribution in [3.05, 3.63) is 178 Å². The number of benzene rings is 6. The first-order valence-electron chi connectivity index (χ1n) is 16.7. The van der Waals surface area contributed by atoms with Gasteiger partial charge in [-0.1, -0.05) is 161 Å². The lowest BCUT2D eigenvalue weighted by Crippen LogP contribution is -2.65. The van der Waals surface area contributed by atoms with Gasteiger partial charge in [-0.25, -0.2) is 0 Å². The number of hydrogen-bond acceptors (Lipinski definition) is 1. The summed E-state index contributed by atoms with van der Waals surface area (Å²) in [5.74, 6) is 0. The van der Waals surface area contributed by atoms with Crippen molar-refractivity contribution < 1.29 is 0 Å². The van der Waals surface area contributed by atoms with E-state index in [0.717, 1.165) is 0 Å². The van der Waals surface area contributed by atoms with E-state index in [1.165, 1.54) is 72.4 Å². The van der Waals surface area contributed by atoms with Crippen molar-refractivity contribution in [2.24, 2.45) is 0 Å². The van der Waals surface area contributed by atoms with E-state index in [1.807, 2.05) is 0 Å². The van der Waals surface area contributed by atoms with Crippen LogP contribution in [0.4, 0.5) is 11.4 Å². The fourth-order valence-corrected chi connectivity index (χ4v) is 9.44. The molecule has 1 aliphatic carbocycles. The van der Waals surface area contributed by atoms with Crippen molar-refractivity contribution in [3.8, 4) is 11.1 Å². The van der Waals surface area contributed by atoms with Gasteiger partial charge in [0, 0.05) is 33.2 Å². The first kappa shape index (κ1) is 27.5. The Kier molecular flexibility index (Phi) is 5.59. The van der Waals surface area contributed by atoms with Crippen LogP contribution in [-0.4, -0.2) is 6.85 Å². The smallest absolute Gasteiger partial charge is 0.328 e. The molecule has 0 radical (unpaired) electrons. The molecule has 0 fully saturated rings. The molecular weight excluding hydrogens is 553 g/mol. The van der Waals surface area contributed by atoms with E-state index in [2.05, 4.69) is 179 Å². The zero-order valence-corrected chi connectivity index (χ0v) is 27.3. The lowest BCUT2D eigenvalue weighted by Gasteiger charge is -2.53. The van der Waals surface area contributed by atoms with Gasteiger partial charge in [-0.15, -0.1) is 0 Å². The molecule has 0 bridgehead atoms. The lowest BCUT2D eigenvalue weighted by atomic mass is 9.37. The normalized spacial score (nSPS) is 19.3. The first-order valence-corrected chi connectivity index (χ1v) is 16.7. The number of para-hydroxylation sites is 2. The Balaban J connectivity index is 1.43. The number of nitrogens with zero attached hydrogens (tertiary/aromatic N) is 1. The van der Waals surface area contributed by atoms with Crippen LogP contribution in [0.15, 0.2) is 140 Å². The molecule has 222 valence electrons. The summed E-state index contributed by atoms with van der Waals surface area (Å²) in [6, 6.07) is 52.6. The van der Waals surface area contributed by atoms with Crippen LogP contribution >= 0.6 is 0 Å². The summed E-state index contributed by atoms with van der Waals surface area (Å²) in [6.07, 6.45) is 0. The standard InChI is InChI=1S/C44H38BN/c1-42(2)31-20-9-10-21-32(31)44(5)33-22-11-13-26-37(33)45(38-27-16-24-35(42)40(38)44)46-39-28-14-12-23-34(39)43(3,4)36-25-15-19-30(41(36)46)29-17-7-6-8-18-29/h6-28H,1-5H3. The average molecular weight is 592 g/mol. The molecule has 0 aromatic heterocycles. The molecule has 2 heterocycles. The Morgan fingerprint density at radius 1 is 0.435 bits per heavy atom. The van der Waals surface area contributed by atoms with Crippen LogP contribution in [0.2, 0.25) is 0 Å². The lowest BCUT2D eigenvalue weighted by molar-refractivity contribution is 0.544. The van der Waals surface area contributed by atoms with E-state index in [-0.39, 0.29) is 23.1 Å². The van der Waals surface area contributed by atoms with Crippen LogP contribution in [0.25, 0.3) is 11.1 Å². The second kappa shape index (κ2) is 9.36. The Morgan fingerprint density at radius 3 is 1.76 bits per heavy atom. The van der Waals surface area contributed by atoms with Crippen LogP contribution < -0.4 is 15.7 Å². The van der Waals surface area contributed by atoms with Gasteiger partial charge in [-0.05, 0) is 68.4 Å². The van der Waals surface area contributed by atoms with Crippen molar-refractivity contribution in [1.82, 2.24) is 0 Å². The summed E-state index contributed by atoms with van der Waals surface area (Å²) in [7, 11) is 0. The zero-order valence-electron chi connectivity index (χ0n) is 27.3. The van der Waals surface area contributed by atoms with E-state index in [0.29, 0.717) is 0 Å². The predicted octanol–water partition coefficient (Wildman–Crippen LogP) is 9.24. The quantitative estimate of drug-likeness (QED) is 0.182. The minimum absolute atomic E-state index is 0.00106. The molecule has 1 unspecified atom stereocenters. The third kappa shape index (κ3) is 3.37. The largest absolute Gasteiger partial charge is 0.376 e. The number of fused-ring (bicyclic) bond motifs is 6. The van der Waals surface area contributed by atoms with Crippen molar-refractivity contribution in [2.45, 2.75) is 50.9 Å². The summed E-state index contributed by atoms with van der Waals surface area (Å²) < 4.78 is 0. The molecule has 0 saturated carbocycles. The molecule has 0 saturated heterocycles. The predicted molar refractivity (Wildman–Crippen MR) is 195 cm³/mol. The molecular formula is C44H38BN.